The Morgan fingerprint density at radius 3 is 2.47 bits per heavy atom. The van der Waals surface area contributed by atoms with Crippen LogP contribution in [-0.4, -0.2) is 71.7 Å². The van der Waals surface area contributed by atoms with Crippen LogP contribution in [0.3, 0.4) is 0 Å². The lowest BCUT2D eigenvalue weighted by Crippen LogP contribution is -2.61. The normalized spacial score (nSPS) is 21.1. The number of ether oxygens (including phenoxy) is 2. The number of thiophene rings is 1. The fourth-order valence-electron chi connectivity index (χ4n) is 3.86. The molecule has 9 nitrogen and oxygen atoms in total. The molecule has 32 heavy (non-hydrogen) atoms. The number of aliphatic hydroxyl groups excluding tert-OH is 1. The second kappa shape index (κ2) is 8.67. The smallest absolute Gasteiger partial charge is 0.358 e. The first-order chi connectivity index (χ1) is 14.9. The van der Waals surface area contributed by atoms with Crippen molar-refractivity contribution >= 4 is 40.7 Å². The van der Waals surface area contributed by atoms with Gasteiger partial charge in [0.2, 0.25) is 12.7 Å². The summed E-state index contributed by atoms with van der Waals surface area (Å²) in [7, 11) is 3.26. The molecule has 2 aliphatic heterocycles. The molecular formula is C22H28N2O7S. The molecular weight excluding hydrogens is 436 g/mol. The van der Waals surface area contributed by atoms with Crippen LogP contribution in [-0.2, 0) is 23.9 Å². The summed E-state index contributed by atoms with van der Waals surface area (Å²) in [6, 6.07) is -0.403. The molecule has 0 unspecified atom stereocenters. The van der Waals surface area contributed by atoms with Gasteiger partial charge in [-0.1, -0.05) is 0 Å². The number of hydrogen-bond acceptors (Lipinski definition) is 8. The average Bonchev–Trinajstić information content (AvgIpc) is 3.28. The molecule has 0 bridgehead atoms. The summed E-state index contributed by atoms with van der Waals surface area (Å²) in [5.41, 5.74) is 0.743. The van der Waals surface area contributed by atoms with Crippen molar-refractivity contribution in [3.05, 3.63) is 27.6 Å². The predicted octanol–water partition coefficient (Wildman–Crippen LogP) is 1.86. The lowest BCUT2D eigenvalue weighted by Gasteiger charge is -2.44. The van der Waals surface area contributed by atoms with Crippen molar-refractivity contribution in [2.24, 2.45) is 11.3 Å². The quantitative estimate of drug-likeness (QED) is 0.388. The Hall–Kier alpha value is -2.72. The van der Waals surface area contributed by atoms with E-state index in [2.05, 4.69) is 0 Å². The van der Waals surface area contributed by atoms with E-state index in [4.69, 9.17) is 9.47 Å². The highest BCUT2D eigenvalue weighted by Crippen LogP contribution is 2.48. The maximum atomic E-state index is 13.0. The summed E-state index contributed by atoms with van der Waals surface area (Å²) in [5, 5.41) is 13.5. The second-order valence-corrected chi connectivity index (χ2v) is 9.95. The van der Waals surface area contributed by atoms with Crippen LogP contribution in [0.25, 0.3) is 5.57 Å². The first-order valence-electron chi connectivity index (χ1n) is 10.2. The van der Waals surface area contributed by atoms with Crippen LogP contribution in [0, 0.1) is 11.3 Å². The largest absolute Gasteiger partial charge is 0.427 e. The molecule has 1 aromatic heterocycles. The van der Waals surface area contributed by atoms with Crippen LogP contribution < -0.4 is 0 Å². The van der Waals surface area contributed by atoms with Gasteiger partial charge in [0.15, 0.2) is 0 Å². The topological polar surface area (TPSA) is 113 Å². The fourth-order valence-corrected chi connectivity index (χ4v) is 4.70. The summed E-state index contributed by atoms with van der Waals surface area (Å²) in [5.74, 6) is -2.60. The number of rotatable bonds is 6. The molecule has 0 spiro atoms. The number of nitrogens with zero attached hydrogens (tertiary/aromatic N) is 2. The van der Waals surface area contributed by atoms with Crippen molar-refractivity contribution < 1.29 is 33.8 Å². The van der Waals surface area contributed by atoms with Gasteiger partial charge in [0.05, 0.1) is 29.0 Å². The van der Waals surface area contributed by atoms with Gasteiger partial charge in [-0.15, -0.1) is 0 Å². The maximum Gasteiger partial charge on any atom is 0.358 e. The summed E-state index contributed by atoms with van der Waals surface area (Å²) in [6.45, 7) is 5.97. The number of carbonyl (C=O) groups is 4. The minimum Gasteiger partial charge on any atom is -0.427 e. The Bertz CT molecular complexity index is 987. The van der Waals surface area contributed by atoms with Crippen molar-refractivity contribution in [3.8, 4) is 0 Å². The Labute approximate surface area is 190 Å². The number of esters is 2. The summed E-state index contributed by atoms with van der Waals surface area (Å²) < 4.78 is 10.2. The molecule has 174 valence electrons. The number of amides is 2. The minimum atomic E-state index is -0.876. The number of hydrogen-bond donors (Lipinski definition) is 1. The van der Waals surface area contributed by atoms with Crippen LogP contribution in [0.4, 0.5) is 0 Å². The van der Waals surface area contributed by atoms with E-state index in [1.165, 1.54) is 28.1 Å². The van der Waals surface area contributed by atoms with E-state index in [0.717, 1.165) is 0 Å². The Kier molecular flexibility index (Phi) is 6.48. The molecule has 3 rings (SSSR count). The lowest BCUT2D eigenvalue weighted by molar-refractivity contribution is -0.175. The van der Waals surface area contributed by atoms with Crippen LogP contribution in [0.5, 0.6) is 0 Å². The zero-order valence-corrected chi connectivity index (χ0v) is 19.8. The predicted molar refractivity (Wildman–Crippen MR) is 116 cm³/mol. The standard InChI is InChI=1S/C22H28N2O7S/c1-11(25)16-15-7-12(13-8-32-9-14(13)18(26)23(5)6)17(24(15)19(16)27)20(28)30-10-31-21(29)22(2,3)4/h8-9,11,15-16,25H,7,10H2,1-6H3/t11-,15-,16-/m1/s1. The van der Waals surface area contributed by atoms with E-state index < -0.39 is 42.2 Å². The Morgan fingerprint density at radius 2 is 1.91 bits per heavy atom. The minimum absolute atomic E-state index is 0.0231. The third kappa shape index (κ3) is 4.16. The summed E-state index contributed by atoms with van der Waals surface area (Å²) in [4.78, 5) is 53.0. The molecule has 0 saturated carbocycles. The molecule has 0 aromatic carbocycles. The highest BCUT2D eigenvalue weighted by Gasteiger charge is 2.57. The first kappa shape index (κ1) is 23.9. The van der Waals surface area contributed by atoms with Crippen LogP contribution in [0.1, 0.15) is 50.0 Å². The molecule has 0 radical (unpaired) electrons. The second-order valence-electron chi connectivity index (χ2n) is 9.20. The number of fused-ring (bicyclic) bond motifs is 1. The lowest BCUT2D eigenvalue weighted by atomic mass is 9.82. The molecule has 1 fully saturated rings. The van der Waals surface area contributed by atoms with Gasteiger partial charge in [0, 0.05) is 25.0 Å². The van der Waals surface area contributed by atoms with Crippen LogP contribution in [0.15, 0.2) is 16.5 Å². The van der Waals surface area contributed by atoms with Crippen molar-refractivity contribution in [1.29, 1.82) is 0 Å². The molecule has 10 heteroatoms. The van der Waals surface area contributed by atoms with Crippen LogP contribution >= 0.6 is 11.3 Å². The molecule has 1 N–H and O–H groups in total. The van der Waals surface area contributed by atoms with E-state index in [9.17, 15) is 24.3 Å². The molecule has 3 heterocycles. The molecule has 3 atom stereocenters. The highest BCUT2D eigenvalue weighted by atomic mass is 32.1. The zero-order valence-electron chi connectivity index (χ0n) is 19.0. The van der Waals surface area contributed by atoms with Gasteiger partial charge < -0.3 is 24.4 Å². The van der Waals surface area contributed by atoms with E-state index in [1.54, 1.807) is 45.6 Å². The third-order valence-corrected chi connectivity index (χ3v) is 6.28. The van der Waals surface area contributed by atoms with Gasteiger partial charge in [-0.3, -0.25) is 14.4 Å². The monoisotopic (exact) mass is 464 g/mol. The third-order valence-electron chi connectivity index (χ3n) is 5.54. The Morgan fingerprint density at radius 1 is 1.25 bits per heavy atom. The fraction of sp³-hybridized carbons (Fsp3) is 0.545. The summed E-state index contributed by atoms with van der Waals surface area (Å²) >= 11 is 1.31. The first-order valence-corrected chi connectivity index (χ1v) is 11.2. The number of carbonyl (C=O) groups excluding carboxylic acids is 4. The zero-order chi connectivity index (χ0) is 24.0. The molecule has 1 saturated heterocycles. The Balaban J connectivity index is 1.92. The number of aliphatic hydroxyl groups is 1. The van der Waals surface area contributed by atoms with Crippen molar-refractivity contribution in [2.75, 3.05) is 20.9 Å². The van der Waals surface area contributed by atoms with Gasteiger partial charge in [-0.25, -0.2) is 4.79 Å². The van der Waals surface area contributed by atoms with E-state index in [0.29, 0.717) is 23.1 Å². The molecule has 2 amide bonds. The van der Waals surface area contributed by atoms with Crippen molar-refractivity contribution in [1.82, 2.24) is 9.80 Å². The van der Waals surface area contributed by atoms with Gasteiger partial charge in [-0.2, -0.15) is 11.3 Å². The number of β-lactam (4-membered cyclic amide) rings is 1. The molecule has 1 aromatic rings. The van der Waals surface area contributed by atoms with Gasteiger partial charge in [0.1, 0.15) is 5.70 Å². The van der Waals surface area contributed by atoms with Crippen molar-refractivity contribution in [2.45, 2.75) is 46.3 Å². The SMILES string of the molecule is C[C@@H](O)[C@H]1C(=O)N2C(C(=O)OCOC(=O)C(C)(C)C)=C(c3cscc3C(=O)N(C)C)C[C@H]12. The van der Waals surface area contributed by atoms with Gasteiger partial charge >= 0.3 is 11.9 Å². The highest BCUT2D eigenvalue weighted by molar-refractivity contribution is 7.08. The average molecular weight is 465 g/mol. The van der Waals surface area contributed by atoms with Crippen molar-refractivity contribution in [3.63, 3.8) is 0 Å². The van der Waals surface area contributed by atoms with Crippen LogP contribution in [0.2, 0.25) is 0 Å². The van der Waals surface area contributed by atoms with E-state index in [1.807, 2.05) is 0 Å². The maximum absolute atomic E-state index is 13.0. The molecule has 2 aliphatic rings. The van der Waals surface area contributed by atoms with Gasteiger partial charge in [-0.05, 0) is 45.1 Å². The van der Waals surface area contributed by atoms with E-state index >= 15 is 0 Å². The summed E-state index contributed by atoms with van der Waals surface area (Å²) in [6.07, 6.45) is -0.573. The molecule has 0 aliphatic carbocycles. The van der Waals surface area contributed by atoms with E-state index in [-0.39, 0.29) is 17.5 Å². The van der Waals surface area contributed by atoms with Gasteiger partial charge in [0.25, 0.3) is 5.91 Å².